The van der Waals surface area contributed by atoms with Crippen molar-refractivity contribution in [2.75, 3.05) is 6.61 Å². The largest absolute Gasteiger partial charge is 0.494 e. The van der Waals surface area contributed by atoms with Gasteiger partial charge >= 0.3 is 5.97 Å². The predicted molar refractivity (Wildman–Crippen MR) is 143 cm³/mol. The van der Waals surface area contributed by atoms with Crippen LogP contribution in [0.5, 0.6) is 11.5 Å². The Bertz CT molecular complexity index is 898. The number of unbranched alkanes of at least 4 members (excludes halogenated alkanes) is 9. The maximum Gasteiger partial charge on any atom is 0.331 e. The zero-order chi connectivity index (χ0) is 25.4. The van der Waals surface area contributed by atoms with Gasteiger partial charge in [-0.15, -0.1) is 0 Å². The molecule has 190 valence electrons. The number of carbonyl (C=O) groups is 1. The van der Waals surface area contributed by atoms with E-state index in [0.29, 0.717) is 12.2 Å². The highest BCUT2D eigenvalue weighted by atomic mass is 16.5. The lowest BCUT2D eigenvalue weighted by Gasteiger charge is -2.19. The Balaban J connectivity index is 1.75. The fourth-order valence-electron chi connectivity index (χ4n) is 4.02. The lowest BCUT2D eigenvalue weighted by atomic mass is 9.87. The summed E-state index contributed by atoms with van der Waals surface area (Å²) in [5, 5.41) is 9.45. The minimum atomic E-state index is -1.11. The van der Waals surface area contributed by atoms with Crippen molar-refractivity contribution < 1.29 is 14.3 Å². The van der Waals surface area contributed by atoms with Crippen LogP contribution in [0.1, 0.15) is 97.8 Å². The third kappa shape index (κ3) is 10.1. The van der Waals surface area contributed by atoms with Crippen molar-refractivity contribution in [3.05, 3.63) is 48.5 Å². The second kappa shape index (κ2) is 16.0. The monoisotopic (exact) mass is 477 g/mol. The average Bonchev–Trinajstić information content (AvgIpc) is 2.89. The highest BCUT2D eigenvalue weighted by Gasteiger charge is 2.34. The molecule has 0 heterocycles. The van der Waals surface area contributed by atoms with Crippen LogP contribution in [0.15, 0.2) is 48.5 Å². The molecule has 4 heteroatoms. The van der Waals surface area contributed by atoms with E-state index in [2.05, 4.69) is 13.0 Å². The first kappa shape index (κ1) is 28.4. The molecule has 0 radical (unpaired) electrons. The standard InChI is InChI=1S/C31H43NO3/c1-4-6-8-9-10-11-12-13-14-24-34-28-19-15-26(16-20-28)27-17-21-29(22-18-27)35-30(33)31(3,25-32)23-7-5-2/h15-22H,4-14,23-24H2,1-3H3. The molecule has 1 unspecified atom stereocenters. The van der Waals surface area contributed by atoms with E-state index in [1.807, 2.05) is 43.3 Å². The Hall–Kier alpha value is -2.80. The van der Waals surface area contributed by atoms with Gasteiger partial charge in [-0.2, -0.15) is 5.26 Å². The normalized spacial score (nSPS) is 12.5. The van der Waals surface area contributed by atoms with Crippen molar-refractivity contribution >= 4 is 5.97 Å². The lowest BCUT2D eigenvalue weighted by Crippen LogP contribution is -2.30. The van der Waals surface area contributed by atoms with Gasteiger partial charge in [0.05, 0.1) is 12.7 Å². The van der Waals surface area contributed by atoms with Gasteiger partial charge < -0.3 is 9.47 Å². The Morgan fingerprint density at radius 3 is 1.74 bits per heavy atom. The van der Waals surface area contributed by atoms with Gasteiger partial charge in [-0.3, -0.25) is 0 Å². The van der Waals surface area contributed by atoms with Crippen LogP contribution < -0.4 is 9.47 Å². The van der Waals surface area contributed by atoms with Crippen LogP contribution in [0.3, 0.4) is 0 Å². The molecular formula is C31H43NO3. The van der Waals surface area contributed by atoms with Crippen LogP contribution in [0.4, 0.5) is 0 Å². The second-order valence-corrected chi connectivity index (χ2v) is 9.66. The number of nitriles is 1. The van der Waals surface area contributed by atoms with Crippen molar-refractivity contribution in [1.29, 1.82) is 5.26 Å². The Labute approximate surface area is 212 Å². The molecule has 2 aromatic rings. The molecule has 0 N–H and O–H groups in total. The van der Waals surface area contributed by atoms with Crippen LogP contribution in [-0.2, 0) is 4.79 Å². The van der Waals surface area contributed by atoms with E-state index in [4.69, 9.17) is 9.47 Å². The topological polar surface area (TPSA) is 59.3 Å². The van der Waals surface area contributed by atoms with Crippen LogP contribution >= 0.6 is 0 Å². The van der Waals surface area contributed by atoms with Crippen molar-refractivity contribution in [3.63, 3.8) is 0 Å². The van der Waals surface area contributed by atoms with Gasteiger partial charge in [0.2, 0.25) is 0 Å². The summed E-state index contributed by atoms with van der Waals surface area (Å²) in [6.07, 6.45) is 14.0. The molecule has 0 aliphatic heterocycles. The fourth-order valence-corrected chi connectivity index (χ4v) is 4.02. The molecule has 0 saturated heterocycles. The first-order chi connectivity index (χ1) is 17.0. The zero-order valence-corrected chi connectivity index (χ0v) is 22.0. The summed E-state index contributed by atoms with van der Waals surface area (Å²) in [7, 11) is 0. The van der Waals surface area contributed by atoms with Gasteiger partial charge in [0.25, 0.3) is 0 Å². The van der Waals surface area contributed by atoms with Crippen molar-refractivity contribution in [2.45, 2.75) is 97.8 Å². The number of benzene rings is 2. The van der Waals surface area contributed by atoms with Gasteiger partial charge in [-0.1, -0.05) is 102 Å². The number of ether oxygens (including phenoxy) is 2. The maximum absolute atomic E-state index is 12.5. The lowest BCUT2D eigenvalue weighted by molar-refractivity contribution is -0.142. The molecule has 4 nitrogen and oxygen atoms in total. The SMILES string of the molecule is CCCCCCCCCCCOc1ccc(-c2ccc(OC(=O)C(C)(C#N)CCCC)cc2)cc1. The van der Waals surface area contributed by atoms with Crippen molar-refractivity contribution in [2.24, 2.45) is 5.41 Å². The van der Waals surface area contributed by atoms with E-state index in [1.54, 1.807) is 19.1 Å². The first-order valence-electron chi connectivity index (χ1n) is 13.5. The molecule has 0 bridgehead atoms. The molecule has 0 aromatic heterocycles. The fraction of sp³-hybridized carbons (Fsp3) is 0.548. The number of hydrogen-bond donors (Lipinski definition) is 0. The van der Waals surface area contributed by atoms with Crippen LogP contribution in [0, 0.1) is 16.7 Å². The molecule has 0 fully saturated rings. The number of rotatable bonds is 17. The van der Waals surface area contributed by atoms with E-state index in [1.165, 1.54) is 51.4 Å². The average molecular weight is 478 g/mol. The Morgan fingerprint density at radius 2 is 1.23 bits per heavy atom. The van der Waals surface area contributed by atoms with E-state index in [-0.39, 0.29) is 0 Å². The highest BCUT2D eigenvalue weighted by molar-refractivity contribution is 5.81. The summed E-state index contributed by atoms with van der Waals surface area (Å²) in [5.41, 5.74) is 0.992. The van der Waals surface area contributed by atoms with Crippen molar-refractivity contribution in [1.82, 2.24) is 0 Å². The first-order valence-corrected chi connectivity index (χ1v) is 13.5. The Kier molecular flexibility index (Phi) is 13.0. The third-order valence-electron chi connectivity index (χ3n) is 6.50. The van der Waals surface area contributed by atoms with Gasteiger partial charge in [0.15, 0.2) is 5.41 Å². The molecule has 0 aliphatic carbocycles. The molecule has 0 amide bonds. The predicted octanol–water partition coefficient (Wildman–Crippen LogP) is 8.89. The Morgan fingerprint density at radius 1 is 0.743 bits per heavy atom. The van der Waals surface area contributed by atoms with Gasteiger partial charge in [0, 0.05) is 0 Å². The molecule has 0 spiro atoms. The molecule has 0 saturated carbocycles. The summed E-state index contributed by atoms with van der Waals surface area (Å²) in [5.74, 6) is 0.856. The summed E-state index contributed by atoms with van der Waals surface area (Å²) in [6, 6.07) is 17.6. The highest BCUT2D eigenvalue weighted by Crippen LogP contribution is 2.28. The number of carbonyl (C=O) groups excluding carboxylic acids is 1. The third-order valence-corrected chi connectivity index (χ3v) is 6.50. The summed E-state index contributed by atoms with van der Waals surface area (Å²) >= 11 is 0. The summed E-state index contributed by atoms with van der Waals surface area (Å²) in [6.45, 7) is 6.71. The molecule has 1 atom stereocenters. The quantitative estimate of drug-likeness (QED) is 0.130. The van der Waals surface area contributed by atoms with E-state index in [0.717, 1.165) is 42.7 Å². The second-order valence-electron chi connectivity index (χ2n) is 9.66. The maximum atomic E-state index is 12.5. The molecule has 0 aliphatic rings. The molecule has 2 rings (SSSR count). The zero-order valence-electron chi connectivity index (χ0n) is 22.0. The molecule has 35 heavy (non-hydrogen) atoms. The van der Waals surface area contributed by atoms with Gasteiger partial charge in [-0.05, 0) is 55.2 Å². The number of hydrogen-bond acceptors (Lipinski definition) is 4. The van der Waals surface area contributed by atoms with E-state index in [9.17, 15) is 10.1 Å². The van der Waals surface area contributed by atoms with Gasteiger partial charge in [-0.25, -0.2) is 4.79 Å². The molecule has 2 aromatic carbocycles. The number of nitrogens with zero attached hydrogens (tertiary/aromatic N) is 1. The minimum absolute atomic E-state index is 0.456. The van der Waals surface area contributed by atoms with Crippen LogP contribution in [-0.4, -0.2) is 12.6 Å². The minimum Gasteiger partial charge on any atom is -0.494 e. The van der Waals surface area contributed by atoms with E-state index < -0.39 is 11.4 Å². The smallest absolute Gasteiger partial charge is 0.331 e. The summed E-state index contributed by atoms with van der Waals surface area (Å²) < 4.78 is 11.4. The van der Waals surface area contributed by atoms with E-state index >= 15 is 0 Å². The van der Waals surface area contributed by atoms with Crippen LogP contribution in [0.2, 0.25) is 0 Å². The van der Waals surface area contributed by atoms with Gasteiger partial charge in [0.1, 0.15) is 11.5 Å². The number of esters is 1. The molecular weight excluding hydrogens is 434 g/mol. The summed E-state index contributed by atoms with van der Waals surface area (Å²) in [4.78, 5) is 12.5. The van der Waals surface area contributed by atoms with Crippen LogP contribution in [0.25, 0.3) is 11.1 Å². The van der Waals surface area contributed by atoms with Crippen molar-refractivity contribution in [3.8, 4) is 28.7 Å².